The van der Waals surface area contributed by atoms with E-state index in [9.17, 15) is 5.11 Å². The minimum Gasteiger partial charge on any atom is -0.391 e. The second-order valence-electron chi connectivity index (χ2n) is 5.29. The number of rotatable bonds is 4. The SMILES string of the molecule is CS(C)(C[C@@H](O)[C@@H]1CCCN1)c1ccccc1. The third-order valence-corrected chi connectivity index (χ3v) is 6.25. The summed E-state index contributed by atoms with van der Waals surface area (Å²) in [4.78, 5) is 1.39. The maximum absolute atomic E-state index is 10.3. The van der Waals surface area contributed by atoms with Crippen molar-refractivity contribution in [1.82, 2.24) is 5.32 Å². The van der Waals surface area contributed by atoms with Gasteiger partial charge in [-0.2, -0.15) is 0 Å². The van der Waals surface area contributed by atoms with Gasteiger partial charge in [-0.25, -0.2) is 10.0 Å². The fourth-order valence-electron chi connectivity index (χ4n) is 2.47. The third-order valence-electron chi connectivity index (χ3n) is 3.53. The molecule has 0 aromatic heterocycles. The Labute approximate surface area is 106 Å². The van der Waals surface area contributed by atoms with Crippen LogP contribution in [0, 0.1) is 0 Å². The van der Waals surface area contributed by atoms with Gasteiger partial charge in [-0.05, 0) is 36.8 Å². The van der Waals surface area contributed by atoms with E-state index in [1.165, 1.54) is 11.3 Å². The minimum absolute atomic E-state index is 0.206. The number of aliphatic hydroxyl groups excluding tert-OH is 1. The summed E-state index contributed by atoms with van der Waals surface area (Å²) in [5.41, 5.74) is 0. The van der Waals surface area contributed by atoms with E-state index in [0.717, 1.165) is 18.7 Å². The molecule has 0 saturated carbocycles. The van der Waals surface area contributed by atoms with Gasteiger partial charge in [0.05, 0.1) is 6.10 Å². The number of benzene rings is 1. The van der Waals surface area contributed by atoms with E-state index in [2.05, 4.69) is 42.1 Å². The lowest BCUT2D eigenvalue weighted by atomic mass is 10.1. The first-order valence-corrected chi connectivity index (χ1v) is 8.89. The molecule has 0 aliphatic carbocycles. The molecule has 0 unspecified atom stereocenters. The van der Waals surface area contributed by atoms with Crippen molar-refractivity contribution in [2.45, 2.75) is 29.9 Å². The highest BCUT2D eigenvalue weighted by molar-refractivity contribution is 8.32. The maximum Gasteiger partial charge on any atom is 0.0771 e. The van der Waals surface area contributed by atoms with Crippen molar-refractivity contribution in [3.63, 3.8) is 0 Å². The second kappa shape index (κ2) is 5.42. The van der Waals surface area contributed by atoms with Gasteiger partial charge in [0.15, 0.2) is 0 Å². The number of hydrogen-bond acceptors (Lipinski definition) is 2. The molecule has 2 nitrogen and oxygen atoms in total. The summed E-state index contributed by atoms with van der Waals surface area (Å²) >= 11 is 0. The third kappa shape index (κ3) is 3.24. The lowest BCUT2D eigenvalue weighted by Gasteiger charge is -2.35. The fraction of sp³-hybridized carbons (Fsp3) is 0.571. The average molecular weight is 253 g/mol. The summed E-state index contributed by atoms with van der Waals surface area (Å²) in [5, 5.41) is 13.7. The second-order valence-corrected chi connectivity index (χ2v) is 9.17. The molecule has 1 aromatic rings. The largest absolute Gasteiger partial charge is 0.391 e. The topological polar surface area (TPSA) is 32.3 Å². The molecule has 2 N–H and O–H groups in total. The van der Waals surface area contributed by atoms with Crippen LogP contribution in [0.5, 0.6) is 0 Å². The van der Waals surface area contributed by atoms with Gasteiger partial charge >= 0.3 is 0 Å². The van der Waals surface area contributed by atoms with Crippen LogP contribution >= 0.6 is 10.0 Å². The smallest absolute Gasteiger partial charge is 0.0771 e. The van der Waals surface area contributed by atoms with Crippen LogP contribution in [0.4, 0.5) is 0 Å². The van der Waals surface area contributed by atoms with Crippen molar-refractivity contribution in [2.75, 3.05) is 24.8 Å². The van der Waals surface area contributed by atoms with Gasteiger partial charge in [0.2, 0.25) is 0 Å². The zero-order valence-electron chi connectivity index (χ0n) is 10.7. The van der Waals surface area contributed by atoms with Crippen molar-refractivity contribution in [3.05, 3.63) is 30.3 Å². The molecule has 96 valence electrons. The zero-order chi connectivity index (χ0) is 12.3. The van der Waals surface area contributed by atoms with Crippen LogP contribution in [0.1, 0.15) is 12.8 Å². The van der Waals surface area contributed by atoms with E-state index in [1.807, 2.05) is 6.07 Å². The minimum atomic E-state index is -0.887. The van der Waals surface area contributed by atoms with E-state index in [0.29, 0.717) is 6.04 Å². The van der Waals surface area contributed by atoms with Crippen molar-refractivity contribution in [1.29, 1.82) is 0 Å². The van der Waals surface area contributed by atoms with Gasteiger partial charge < -0.3 is 10.4 Å². The molecule has 1 aliphatic rings. The summed E-state index contributed by atoms with van der Waals surface area (Å²) in [5.74, 6) is 0.898. The van der Waals surface area contributed by atoms with Gasteiger partial charge in [0, 0.05) is 11.8 Å². The van der Waals surface area contributed by atoms with Gasteiger partial charge in [0.1, 0.15) is 0 Å². The highest BCUT2D eigenvalue weighted by atomic mass is 32.3. The Morgan fingerprint density at radius 3 is 2.65 bits per heavy atom. The molecule has 3 heteroatoms. The zero-order valence-corrected chi connectivity index (χ0v) is 11.5. The molecule has 0 bridgehead atoms. The van der Waals surface area contributed by atoms with Crippen molar-refractivity contribution < 1.29 is 5.11 Å². The lowest BCUT2D eigenvalue weighted by molar-refractivity contribution is 0.158. The summed E-state index contributed by atoms with van der Waals surface area (Å²) < 4.78 is 0. The highest BCUT2D eigenvalue weighted by Gasteiger charge is 2.27. The van der Waals surface area contributed by atoms with E-state index in [-0.39, 0.29) is 6.10 Å². The fourth-order valence-corrected chi connectivity index (χ4v) is 4.64. The van der Waals surface area contributed by atoms with Crippen LogP contribution in [0.3, 0.4) is 0 Å². The molecule has 1 heterocycles. The highest BCUT2D eigenvalue weighted by Crippen LogP contribution is 2.49. The molecule has 0 spiro atoms. The van der Waals surface area contributed by atoms with Crippen molar-refractivity contribution >= 4 is 10.0 Å². The molecule has 1 aliphatic heterocycles. The monoisotopic (exact) mass is 253 g/mol. The van der Waals surface area contributed by atoms with Crippen LogP contribution in [-0.2, 0) is 0 Å². The molecule has 0 amide bonds. The van der Waals surface area contributed by atoms with Gasteiger partial charge in [-0.15, -0.1) is 0 Å². The van der Waals surface area contributed by atoms with E-state index in [1.54, 1.807) is 0 Å². The Bertz CT molecular complexity index is 346. The molecular formula is C14H23NOS. The summed E-state index contributed by atoms with van der Waals surface area (Å²) in [7, 11) is -0.887. The molecule has 2 rings (SSSR count). The summed E-state index contributed by atoms with van der Waals surface area (Å²) in [6.45, 7) is 1.06. The Morgan fingerprint density at radius 2 is 2.06 bits per heavy atom. The molecule has 1 aromatic carbocycles. The first-order chi connectivity index (χ1) is 8.09. The van der Waals surface area contributed by atoms with Crippen LogP contribution in [0.15, 0.2) is 35.2 Å². The number of aliphatic hydroxyl groups is 1. The Morgan fingerprint density at radius 1 is 1.35 bits per heavy atom. The maximum atomic E-state index is 10.3. The van der Waals surface area contributed by atoms with E-state index >= 15 is 0 Å². The van der Waals surface area contributed by atoms with Crippen LogP contribution in [0.2, 0.25) is 0 Å². The van der Waals surface area contributed by atoms with E-state index in [4.69, 9.17) is 0 Å². The predicted molar refractivity (Wildman–Crippen MR) is 76.0 cm³/mol. The Hall–Kier alpha value is -0.510. The van der Waals surface area contributed by atoms with Gasteiger partial charge in [-0.1, -0.05) is 30.3 Å². The summed E-state index contributed by atoms with van der Waals surface area (Å²) in [6, 6.07) is 10.9. The summed E-state index contributed by atoms with van der Waals surface area (Å²) in [6.07, 6.45) is 6.69. The Balaban J connectivity index is 2.01. The Kier molecular flexibility index (Phi) is 4.13. The van der Waals surface area contributed by atoms with Gasteiger partial charge in [0.25, 0.3) is 0 Å². The van der Waals surface area contributed by atoms with Gasteiger partial charge in [-0.3, -0.25) is 0 Å². The molecule has 0 radical (unpaired) electrons. The van der Waals surface area contributed by atoms with Crippen LogP contribution in [0.25, 0.3) is 0 Å². The lowest BCUT2D eigenvalue weighted by Crippen LogP contribution is -2.38. The number of hydrogen-bond donors (Lipinski definition) is 2. The van der Waals surface area contributed by atoms with Crippen molar-refractivity contribution in [3.8, 4) is 0 Å². The van der Waals surface area contributed by atoms with Crippen LogP contribution in [-0.4, -0.2) is 42.1 Å². The molecule has 1 saturated heterocycles. The van der Waals surface area contributed by atoms with E-state index < -0.39 is 10.0 Å². The molecule has 1 fully saturated rings. The standard InChI is InChI=1S/C14H23NOS/c1-17(2,12-7-4-3-5-8-12)11-14(16)13-9-6-10-15-13/h3-5,7-8,13-16H,6,9-11H2,1-2H3/t13-,14+/m0/s1. The normalized spacial score (nSPS) is 23.6. The molecule has 2 atom stereocenters. The first kappa shape index (κ1) is 12.9. The first-order valence-electron chi connectivity index (χ1n) is 6.27. The molecule has 17 heavy (non-hydrogen) atoms. The van der Waals surface area contributed by atoms with Crippen LogP contribution < -0.4 is 5.32 Å². The average Bonchev–Trinajstić information content (AvgIpc) is 2.83. The quantitative estimate of drug-likeness (QED) is 0.862. The molecular weight excluding hydrogens is 230 g/mol. The van der Waals surface area contributed by atoms with Crippen molar-refractivity contribution in [2.24, 2.45) is 0 Å². The predicted octanol–water partition coefficient (Wildman–Crippen LogP) is 2.22. The number of nitrogens with one attached hydrogen (secondary N) is 1.